The van der Waals surface area contributed by atoms with E-state index in [-0.39, 0.29) is 17.5 Å². The van der Waals surface area contributed by atoms with Crippen LogP contribution in [0.2, 0.25) is 0 Å². The molecule has 0 bridgehead atoms. The van der Waals surface area contributed by atoms with Gasteiger partial charge in [-0.05, 0) is 26.7 Å². The van der Waals surface area contributed by atoms with Gasteiger partial charge < -0.3 is 10.4 Å². The summed E-state index contributed by atoms with van der Waals surface area (Å²) in [6.45, 7) is 3.01. The number of carboxylic acid groups (broad SMARTS) is 1. The average molecular weight is 225 g/mol. The molecule has 0 unspecified atom stereocenters. The molecule has 1 saturated carbocycles. The van der Waals surface area contributed by atoms with Crippen LogP contribution in [0.3, 0.4) is 0 Å². The van der Waals surface area contributed by atoms with Gasteiger partial charge >= 0.3 is 5.97 Å². The molecule has 0 aromatic heterocycles. The van der Waals surface area contributed by atoms with Crippen LogP contribution in [-0.2, 0) is 9.59 Å². The Morgan fingerprint density at radius 3 is 2.12 bits per heavy atom. The van der Waals surface area contributed by atoms with E-state index >= 15 is 0 Å². The molecule has 0 aliphatic heterocycles. The maximum atomic E-state index is 11.7. The fraction of sp³-hybridized carbons (Fsp3) is 0.667. The second-order valence-corrected chi connectivity index (χ2v) is 4.36. The van der Waals surface area contributed by atoms with Crippen LogP contribution in [0.4, 0.5) is 0 Å². The zero-order valence-electron chi connectivity index (χ0n) is 9.88. The Kier molecular flexibility index (Phi) is 4.52. The summed E-state index contributed by atoms with van der Waals surface area (Å²) in [4.78, 5) is 22.4. The summed E-state index contributed by atoms with van der Waals surface area (Å²) in [6.07, 6.45) is 5.53. The largest absolute Gasteiger partial charge is 0.478 e. The van der Waals surface area contributed by atoms with E-state index in [1.54, 1.807) is 6.92 Å². The van der Waals surface area contributed by atoms with Crippen LogP contribution >= 0.6 is 0 Å². The van der Waals surface area contributed by atoms with Crippen molar-refractivity contribution in [3.8, 4) is 0 Å². The molecule has 4 nitrogen and oxygen atoms in total. The van der Waals surface area contributed by atoms with Crippen LogP contribution in [0.1, 0.15) is 46.0 Å². The minimum atomic E-state index is -1.03. The van der Waals surface area contributed by atoms with Crippen LogP contribution in [-0.4, -0.2) is 23.0 Å². The number of rotatable bonds is 3. The van der Waals surface area contributed by atoms with Gasteiger partial charge in [0.1, 0.15) is 0 Å². The lowest BCUT2D eigenvalue weighted by Crippen LogP contribution is -2.37. The van der Waals surface area contributed by atoms with Crippen molar-refractivity contribution in [3.05, 3.63) is 11.1 Å². The minimum absolute atomic E-state index is 0.119. The van der Waals surface area contributed by atoms with Gasteiger partial charge in [0.15, 0.2) is 0 Å². The predicted molar refractivity (Wildman–Crippen MR) is 61.0 cm³/mol. The first kappa shape index (κ1) is 12.7. The van der Waals surface area contributed by atoms with E-state index in [9.17, 15) is 9.59 Å². The molecule has 0 heterocycles. The lowest BCUT2D eigenvalue weighted by atomic mass is 9.95. The summed E-state index contributed by atoms with van der Waals surface area (Å²) in [5.74, 6) is -1.27. The Morgan fingerprint density at radius 2 is 1.62 bits per heavy atom. The van der Waals surface area contributed by atoms with E-state index in [1.165, 1.54) is 13.3 Å². The molecule has 0 saturated heterocycles. The van der Waals surface area contributed by atoms with Gasteiger partial charge in [0, 0.05) is 17.2 Å². The van der Waals surface area contributed by atoms with Gasteiger partial charge in [-0.15, -0.1) is 0 Å². The second-order valence-electron chi connectivity index (χ2n) is 4.36. The lowest BCUT2D eigenvalue weighted by molar-refractivity contribution is -0.133. The maximum absolute atomic E-state index is 11.7. The lowest BCUT2D eigenvalue weighted by Gasteiger charge is -2.23. The highest BCUT2D eigenvalue weighted by Gasteiger charge is 2.18. The number of carbonyl (C=O) groups excluding carboxylic acids is 1. The molecule has 1 rings (SSSR count). The molecule has 0 aromatic rings. The highest BCUT2D eigenvalue weighted by Crippen LogP contribution is 2.18. The van der Waals surface area contributed by atoms with Crippen molar-refractivity contribution in [2.24, 2.45) is 0 Å². The first-order valence-corrected chi connectivity index (χ1v) is 5.74. The normalized spacial score (nSPS) is 18.9. The molecule has 2 N–H and O–H groups in total. The van der Waals surface area contributed by atoms with Crippen molar-refractivity contribution in [1.29, 1.82) is 0 Å². The summed E-state index contributed by atoms with van der Waals surface area (Å²) in [5.41, 5.74) is 0.423. The van der Waals surface area contributed by atoms with E-state index < -0.39 is 5.97 Å². The molecular weight excluding hydrogens is 206 g/mol. The molecule has 90 valence electrons. The number of carbonyl (C=O) groups is 2. The van der Waals surface area contributed by atoms with Crippen molar-refractivity contribution in [2.45, 2.75) is 52.0 Å². The maximum Gasteiger partial charge on any atom is 0.331 e. The molecule has 4 heteroatoms. The molecule has 0 spiro atoms. The van der Waals surface area contributed by atoms with Crippen molar-refractivity contribution in [3.63, 3.8) is 0 Å². The quantitative estimate of drug-likeness (QED) is 0.720. The van der Waals surface area contributed by atoms with E-state index in [0.717, 1.165) is 25.7 Å². The van der Waals surface area contributed by atoms with Gasteiger partial charge in [-0.2, -0.15) is 0 Å². The van der Waals surface area contributed by atoms with Crippen molar-refractivity contribution < 1.29 is 14.7 Å². The van der Waals surface area contributed by atoms with Crippen molar-refractivity contribution in [1.82, 2.24) is 5.32 Å². The third-order valence-corrected chi connectivity index (χ3v) is 3.16. The number of amides is 1. The second kappa shape index (κ2) is 5.68. The molecule has 1 aliphatic rings. The standard InChI is InChI=1S/C12H19NO3/c1-8(9(2)12(15)16)11(14)13-10-6-4-3-5-7-10/h10H,3-7H2,1-2H3,(H,13,14)(H,15,16)/b9-8-. The number of nitrogens with one attached hydrogen (secondary N) is 1. The third kappa shape index (κ3) is 3.36. The summed E-state index contributed by atoms with van der Waals surface area (Å²) in [7, 11) is 0. The Bertz CT molecular complexity index is 314. The van der Waals surface area contributed by atoms with Gasteiger partial charge in [0.2, 0.25) is 5.91 Å². The molecule has 1 amide bonds. The summed E-state index contributed by atoms with van der Waals surface area (Å²) in [6, 6.07) is 0.220. The molecule has 1 fully saturated rings. The minimum Gasteiger partial charge on any atom is -0.478 e. The highest BCUT2D eigenvalue weighted by atomic mass is 16.4. The Morgan fingerprint density at radius 1 is 1.06 bits per heavy atom. The van der Waals surface area contributed by atoms with Gasteiger partial charge in [0.25, 0.3) is 0 Å². The number of hydrogen-bond donors (Lipinski definition) is 2. The molecule has 0 aromatic carbocycles. The van der Waals surface area contributed by atoms with E-state index in [4.69, 9.17) is 5.11 Å². The Balaban J connectivity index is 2.57. The van der Waals surface area contributed by atoms with Crippen LogP contribution in [0.5, 0.6) is 0 Å². The van der Waals surface area contributed by atoms with E-state index in [2.05, 4.69) is 5.32 Å². The zero-order chi connectivity index (χ0) is 12.1. The molecular formula is C12H19NO3. The van der Waals surface area contributed by atoms with E-state index in [0.29, 0.717) is 5.57 Å². The zero-order valence-corrected chi connectivity index (χ0v) is 9.88. The topological polar surface area (TPSA) is 66.4 Å². The Labute approximate surface area is 95.7 Å². The fourth-order valence-electron chi connectivity index (χ4n) is 1.87. The van der Waals surface area contributed by atoms with Gasteiger partial charge in [-0.3, -0.25) is 4.79 Å². The average Bonchev–Trinajstić information content (AvgIpc) is 2.28. The number of carboxylic acids is 1. The highest BCUT2D eigenvalue weighted by molar-refractivity contribution is 6.01. The van der Waals surface area contributed by atoms with Crippen LogP contribution in [0.15, 0.2) is 11.1 Å². The summed E-state index contributed by atoms with van der Waals surface area (Å²) in [5, 5.41) is 11.7. The van der Waals surface area contributed by atoms with Gasteiger partial charge in [-0.1, -0.05) is 19.3 Å². The first-order chi connectivity index (χ1) is 7.52. The van der Waals surface area contributed by atoms with Crippen LogP contribution < -0.4 is 5.32 Å². The number of aliphatic carboxylic acids is 1. The molecule has 1 aliphatic carbocycles. The van der Waals surface area contributed by atoms with Gasteiger partial charge in [-0.25, -0.2) is 4.79 Å². The number of hydrogen-bond acceptors (Lipinski definition) is 2. The third-order valence-electron chi connectivity index (χ3n) is 3.16. The van der Waals surface area contributed by atoms with Crippen LogP contribution in [0.25, 0.3) is 0 Å². The SMILES string of the molecule is C/C(C(=O)O)=C(\C)C(=O)NC1CCCCC1. The van der Waals surface area contributed by atoms with E-state index in [1.807, 2.05) is 0 Å². The molecule has 0 radical (unpaired) electrons. The summed E-state index contributed by atoms with van der Waals surface area (Å²) >= 11 is 0. The monoisotopic (exact) mass is 225 g/mol. The molecule has 0 atom stereocenters. The van der Waals surface area contributed by atoms with Crippen LogP contribution in [0, 0.1) is 0 Å². The summed E-state index contributed by atoms with van der Waals surface area (Å²) < 4.78 is 0. The fourth-order valence-corrected chi connectivity index (χ4v) is 1.87. The predicted octanol–water partition coefficient (Wildman–Crippen LogP) is 1.86. The molecule has 16 heavy (non-hydrogen) atoms. The van der Waals surface area contributed by atoms with Crippen molar-refractivity contribution >= 4 is 11.9 Å². The Hall–Kier alpha value is -1.32. The van der Waals surface area contributed by atoms with Gasteiger partial charge in [0.05, 0.1) is 0 Å². The smallest absolute Gasteiger partial charge is 0.331 e. The first-order valence-electron chi connectivity index (χ1n) is 5.74. The van der Waals surface area contributed by atoms with Crippen molar-refractivity contribution in [2.75, 3.05) is 0 Å².